The molecule has 0 unspecified atom stereocenters. The highest BCUT2D eigenvalue weighted by molar-refractivity contribution is 6.37. The summed E-state index contributed by atoms with van der Waals surface area (Å²) in [5, 5.41) is 3.28. The van der Waals surface area contributed by atoms with E-state index in [1.807, 2.05) is 36.4 Å². The first-order chi connectivity index (χ1) is 16.7. The van der Waals surface area contributed by atoms with E-state index in [4.69, 9.17) is 32.7 Å². The molecule has 0 bridgehead atoms. The van der Waals surface area contributed by atoms with Gasteiger partial charge in [0.15, 0.2) is 5.75 Å². The summed E-state index contributed by atoms with van der Waals surface area (Å²) in [4.78, 5) is 6.88. The molecule has 1 saturated heterocycles. The van der Waals surface area contributed by atoms with Gasteiger partial charge in [0, 0.05) is 25.0 Å². The Bertz CT molecular complexity index is 1290. The number of benzene rings is 4. The van der Waals surface area contributed by atoms with Gasteiger partial charge >= 0.3 is 0 Å². The van der Waals surface area contributed by atoms with Crippen molar-refractivity contribution in [2.45, 2.75) is 6.61 Å². The second-order valence-electron chi connectivity index (χ2n) is 8.16. The van der Waals surface area contributed by atoms with Gasteiger partial charge in [0.2, 0.25) is 0 Å². The molecule has 0 spiro atoms. The molecular weight excluding hydrogens is 467 g/mol. The van der Waals surface area contributed by atoms with Crippen LogP contribution in [0.3, 0.4) is 0 Å². The first kappa shape index (κ1) is 22.7. The summed E-state index contributed by atoms with van der Waals surface area (Å²) in [6, 6.07) is 26.3. The number of hydrogen-bond donors (Lipinski definition) is 0. The Morgan fingerprint density at radius 2 is 1.56 bits per heavy atom. The summed E-state index contributed by atoms with van der Waals surface area (Å²) in [6.45, 7) is 3.74. The lowest BCUT2D eigenvalue weighted by atomic mass is 10.1. The van der Waals surface area contributed by atoms with Gasteiger partial charge in [-0.3, -0.25) is 4.99 Å². The number of aliphatic imine (C=N–C) groups is 1. The number of halogens is 2. The van der Waals surface area contributed by atoms with Crippen LogP contribution in [0.2, 0.25) is 10.0 Å². The number of rotatable bonds is 6. The van der Waals surface area contributed by atoms with Crippen molar-refractivity contribution in [3.63, 3.8) is 0 Å². The maximum Gasteiger partial charge on any atom is 0.157 e. The van der Waals surface area contributed by atoms with Crippen molar-refractivity contribution >= 4 is 51.6 Å². The normalized spacial score (nSPS) is 14.1. The summed E-state index contributed by atoms with van der Waals surface area (Å²) >= 11 is 13.0. The van der Waals surface area contributed by atoms with Crippen LogP contribution in [0.1, 0.15) is 11.1 Å². The van der Waals surface area contributed by atoms with E-state index in [2.05, 4.69) is 52.4 Å². The number of ether oxygens (including phenoxy) is 2. The minimum atomic E-state index is 0.382. The Kier molecular flexibility index (Phi) is 7.00. The van der Waals surface area contributed by atoms with E-state index in [0.717, 1.165) is 43.1 Å². The van der Waals surface area contributed by atoms with Crippen molar-refractivity contribution in [1.82, 2.24) is 0 Å². The Morgan fingerprint density at radius 3 is 2.29 bits per heavy atom. The maximum atomic E-state index is 6.50. The van der Waals surface area contributed by atoms with Crippen molar-refractivity contribution in [1.29, 1.82) is 0 Å². The van der Waals surface area contributed by atoms with Crippen LogP contribution in [0, 0.1) is 0 Å². The number of fused-ring (bicyclic) bond motifs is 1. The van der Waals surface area contributed by atoms with Crippen molar-refractivity contribution in [3.05, 3.63) is 100 Å². The van der Waals surface area contributed by atoms with Crippen LogP contribution in [0.4, 0.5) is 11.4 Å². The van der Waals surface area contributed by atoms with Crippen LogP contribution in [0.25, 0.3) is 10.8 Å². The predicted molar refractivity (Wildman–Crippen MR) is 141 cm³/mol. The summed E-state index contributed by atoms with van der Waals surface area (Å²) in [5.74, 6) is 0.475. The number of morpholine rings is 1. The van der Waals surface area contributed by atoms with Gasteiger partial charge in [0.1, 0.15) is 6.61 Å². The largest absolute Gasteiger partial charge is 0.486 e. The maximum absolute atomic E-state index is 6.50. The van der Waals surface area contributed by atoms with E-state index in [0.29, 0.717) is 22.4 Å². The van der Waals surface area contributed by atoms with Gasteiger partial charge in [0.05, 0.1) is 28.9 Å². The smallest absolute Gasteiger partial charge is 0.157 e. The lowest BCUT2D eigenvalue weighted by molar-refractivity contribution is 0.122. The molecule has 6 heteroatoms. The summed E-state index contributed by atoms with van der Waals surface area (Å²) in [5.41, 5.74) is 3.91. The molecule has 172 valence electrons. The third-order valence-electron chi connectivity index (χ3n) is 5.81. The summed E-state index contributed by atoms with van der Waals surface area (Å²) < 4.78 is 11.4. The van der Waals surface area contributed by atoms with E-state index in [1.54, 1.807) is 6.21 Å². The standard InChI is InChI=1S/C28H24Cl2N2O2/c29-26-16-21(18-31-24-7-9-25(10-8-24)32-11-13-33-14-12-32)17-27(30)28(26)34-19-20-5-6-22-3-1-2-4-23(22)15-20/h1-10,15-18H,11-14,19H2. The van der Waals surface area contributed by atoms with Gasteiger partial charge < -0.3 is 14.4 Å². The third kappa shape index (κ3) is 5.36. The molecule has 1 aliphatic heterocycles. The molecule has 34 heavy (non-hydrogen) atoms. The zero-order valence-corrected chi connectivity index (χ0v) is 20.1. The molecule has 1 aliphatic rings. The zero-order chi connectivity index (χ0) is 23.3. The van der Waals surface area contributed by atoms with Crippen LogP contribution >= 0.6 is 23.2 Å². The zero-order valence-electron chi connectivity index (χ0n) is 18.6. The Morgan fingerprint density at radius 1 is 0.853 bits per heavy atom. The minimum absolute atomic E-state index is 0.382. The fraction of sp³-hybridized carbons (Fsp3) is 0.179. The Hall–Kier alpha value is -3.05. The van der Waals surface area contributed by atoms with Crippen LogP contribution in [-0.4, -0.2) is 32.5 Å². The molecule has 0 atom stereocenters. The topological polar surface area (TPSA) is 34.1 Å². The van der Waals surface area contributed by atoms with Gasteiger partial charge in [-0.15, -0.1) is 0 Å². The molecule has 4 aromatic carbocycles. The molecule has 0 saturated carbocycles. The molecule has 0 aliphatic carbocycles. The minimum Gasteiger partial charge on any atom is -0.486 e. The quantitative estimate of drug-likeness (QED) is 0.265. The fourth-order valence-corrected chi connectivity index (χ4v) is 4.61. The SMILES string of the molecule is Clc1cc(C=Nc2ccc(N3CCOCC3)cc2)cc(Cl)c1OCc1ccc2ccccc2c1. The molecule has 1 heterocycles. The monoisotopic (exact) mass is 490 g/mol. The van der Waals surface area contributed by atoms with Gasteiger partial charge in [0.25, 0.3) is 0 Å². The van der Waals surface area contributed by atoms with Crippen LogP contribution < -0.4 is 9.64 Å². The first-order valence-corrected chi connectivity index (χ1v) is 12.0. The summed E-state index contributed by atoms with van der Waals surface area (Å²) in [7, 11) is 0. The molecule has 5 rings (SSSR count). The fourth-order valence-electron chi connectivity index (χ4n) is 4.00. The highest BCUT2D eigenvalue weighted by Gasteiger charge is 2.12. The highest BCUT2D eigenvalue weighted by atomic mass is 35.5. The predicted octanol–water partition coefficient (Wildman–Crippen LogP) is 7.31. The lowest BCUT2D eigenvalue weighted by Gasteiger charge is -2.28. The van der Waals surface area contributed by atoms with E-state index in [9.17, 15) is 0 Å². The van der Waals surface area contributed by atoms with Gasteiger partial charge in [-0.25, -0.2) is 0 Å². The van der Waals surface area contributed by atoms with Gasteiger partial charge in [-0.05, 0) is 64.4 Å². The van der Waals surface area contributed by atoms with Gasteiger partial charge in [-0.1, -0.05) is 59.6 Å². The second-order valence-corrected chi connectivity index (χ2v) is 8.97. The van der Waals surface area contributed by atoms with Crippen molar-refractivity contribution in [2.24, 2.45) is 4.99 Å². The van der Waals surface area contributed by atoms with Crippen molar-refractivity contribution in [3.8, 4) is 5.75 Å². The van der Waals surface area contributed by atoms with E-state index in [1.165, 1.54) is 16.5 Å². The molecule has 0 radical (unpaired) electrons. The average molecular weight is 491 g/mol. The van der Waals surface area contributed by atoms with Crippen LogP contribution in [-0.2, 0) is 11.3 Å². The molecule has 0 amide bonds. The lowest BCUT2D eigenvalue weighted by Crippen LogP contribution is -2.36. The molecular formula is C28H24Cl2N2O2. The van der Waals surface area contributed by atoms with E-state index >= 15 is 0 Å². The highest BCUT2D eigenvalue weighted by Crippen LogP contribution is 2.35. The third-order valence-corrected chi connectivity index (χ3v) is 6.37. The first-order valence-electron chi connectivity index (χ1n) is 11.2. The second kappa shape index (κ2) is 10.5. The van der Waals surface area contributed by atoms with Crippen molar-refractivity contribution < 1.29 is 9.47 Å². The number of hydrogen-bond acceptors (Lipinski definition) is 4. The Labute approximate surface area is 209 Å². The number of nitrogens with zero attached hydrogens (tertiary/aromatic N) is 2. The molecule has 4 nitrogen and oxygen atoms in total. The average Bonchev–Trinajstić information content (AvgIpc) is 2.88. The van der Waals surface area contributed by atoms with Crippen LogP contribution in [0.15, 0.2) is 83.9 Å². The van der Waals surface area contributed by atoms with Crippen molar-refractivity contribution in [2.75, 3.05) is 31.2 Å². The van der Waals surface area contributed by atoms with Crippen LogP contribution in [0.5, 0.6) is 5.75 Å². The van der Waals surface area contributed by atoms with E-state index < -0.39 is 0 Å². The Balaban J connectivity index is 1.25. The molecule has 0 N–H and O–H groups in total. The van der Waals surface area contributed by atoms with E-state index in [-0.39, 0.29) is 0 Å². The molecule has 0 aromatic heterocycles. The number of anilines is 1. The van der Waals surface area contributed by atoms with Gasteiger partial charge in [-0.2, -0.15) is 0 Å². The molecule has 4 aromatic rings. The summed E-state index contributed by atoms with van der Waals surface area (Å²) in [6.07, 6.45) is 1.76. The molecule has 1 fully saturated rings.